The van der Waals surface area contributed by atoms with Gasteiger partial charge in [-0.15, -0.1) is 0 Å². The minimum absolute atomic E-state index is 0.00370. The fraction of sp³-hybridized carbons (Fsp3) is 0.340. The second-order valence-corrected chi connectivity index (χ2v) is 16.2. The molecule has 2 fully saturated rings. The van der Waals surface area contributed by atoms with Gasteiger partial charge in [0.25, 0.3) is 0 Å². The number of carbonyl (C=O) groups is 3. The van der Waals surface area contributed by atoms with Crippen LogP contribution in [0, 0.1) is 29.1 Å². The van der Waals surface area contributed by atoms with Crippen molar-refractivity contribution in [2.45, 2.75) is 62.9 Å². The summed E-state index contributed by atoms with van der Waals surface area (Å²) in [5.74, 6) is -4.94. The van der Waals surface area contributed by atoms with Crippen LogP contribution < -0.4 is 0 Å². The summed E-state index contributed by atoms with van der Waals surface area (Å²) in [5, 5.41) is 25.6. The highest BCUT2D eigenvalue weighted by molar-refractivity contribution is 6.05. The first-order valence-electron chi connectivity index (χ1n) is 18.8. The molecule has 4 aliphatic rings. The van der Waals surface area contributed by atoms with E-state index >= 15 is 0 Å². The molecule has 276 valence electrons. The summed E-state index contributed by atoms with van der Waals surface area (Å²) in [5.41, 5.74) is -2.92. The van der Waals surface area contributed by atoms with Gasteiger partial charge in [-0.1, -0.05) is 154 Å². The SMILES string of the molecule is CC1=C[C@H]2[C@@]3(O)[C@H](C)C(=O)[C@]4(OC(=O)Cc5ccccc5)[C@H]([C@@H]3C=C(COC(c3ccccc3)(c3ccccc3)c3ccccc3)C[C@]2(O)C1=O)C4(C)C. The number of rotatable bonds is 9. The van der Waals surface area contributed by atoms with Crippen LogP contribution in [-0.4, -0.2) is 51.2 Å². The van der Waals surface area contributed by atoms with Crippen molar-refractivity contribution in [2.75, 3.05) is 6.61 Å². The summed E-state index contributed by atoms with van der Waals surface area (Å²) in [6, 6.07) is 39.1. The molecule has 54 heavy (non-hydrogen) atoms. The molecule has 7 nitrogen and oxygen atoms in total. The summed E-state index contributed by atoms with van der Waals surface area (Å²) >= 11 is 0. The van der Waals surface area contributed by atoms with Crippen LogP contribution in [0.1, 0.15) is 56.4 Å². The van der Waals surface area contributed by atoms with Crippen molar-refractivity contribution < 1.29 is 34.1 Å². The van der Waals surface area contributed by atoms with E-state index in [1.54, 1.807) is 19.9 Å². The third-order valence-corrected chi connectivity index (χ3v) is 13.0. The molecule has 4 aliphatic carbocycles. The molecule has 0 aromatic heterocycles. The second kappa shape index (κ2) is 12.8. The number of ether oxygens (including phenoxy) is 2. The number of carbonyl (C=O) groups excluding carboxylic acids is 3. The Labute approximate surface area is 316 Å². The Bertz CT molecular complexity index is 2060. The van der Waals surface area contributed by atoms with Gasteiger partial charge in [-0.2, -0.15) is 0 Å². The molecule has 7 heteroatoms. The highest BCUT2D eigenvalue weighted by atomic mass is 16.6. The van der Waals surface area contributed by atoms with E-state index in [1.807, 2.05) is 141 Å². The molecule has 0 aliphatic heterocycles. The van der Waals surface area contributed by atoms with Crippen molar-refractivity contribution in [1.82, 2.24) is 0 Å². The Morgan fingerprint density at radius 1 is 0.778 bits per heavy atom. The average molecular weight is 723 g/mol. The highest BCUT2D eigenvalue weighted by Gasteiger charge is 2.87. The van der Waals surface area contributed by atoms with Crippen molar-refractivity contribution in [3.05, 3.63) is 167 Å². The molecule has 0 heterocycles. The maximum atomic E-state index is 14.7. The van der Waals surface area contributed by atoms with Gasteiger partial charge in [0, 0.05) is 35.5 Å². The molecule has 0 saturated heterocycles. The molecule has 0 bridgehead atoms. The lowest BCUT2D eigenvalue weighted by molar-refractivity contribution is -0.190. The van der Waals surface area contributed by atoms with Crippen molar-refractivity contribution in [2.24, 2.45) is 29.1 Å². The van der Waals surface area contributed by atoms with E-state index in [9.17, 15) is 24.6 Å². The van der Waals surface area contributed by atoms with E-state index in [-0.39, 0.29) is 19.4 Å². The average Bonchev–Trinajstić information content (AvgIpc) is 3.61. The lowest BCUT2D eigenvalue weighted by Gasteiger charge is -2.49. The van der Waals surface area contributed by atoms with Crippen molar-refractivity contribution >= 4 is 17.5 Å². The summed E-state index contributed by atoms with van der Waals surface area (Å²) in [6.45, 7) is 7.07. The van der Waals surface area contributed by atoms with Gasteiger partial charge >= 0.3 is 5.97 Å². The number of hydrogen-bond acceptors (Lipinski definition) is 7. The summed E-state index contributed by atoms with van der Waals surface area (Å²) in [6.07, 6.45) is 3.45. The quantitative estimate of drug-likeness (QED) is 0.109. The third kappa shape index (κ3) is 5.09. The molecular weight excluding hydrogens is 677 g/mol. The summed E-state index contributed by atoms with van der Waals surface area (Å²) < 4.78 is 13.5. The van der Waals surface area contributed by atoms with Crippen molar-refractivity contribution in [3.63, 3.8) is 0 Å². The largest absolute Gasteiger partial charge is 0.450 e. The van der Waals surface area contributed by atoms with Crippen LogP contribution in [0.2, 0.25) is 0 Å². The fourth-order valence-corrected chi connectivity index (χ4v) is 10.3. The first-order valence-corrected chi connectivity index (χ1v) is 18.8. The van der Waals surface area contributed by atoms with Crippen LogP contribution in [0.5, 0.6) is 0 Å². The lowest BCUT2D eigenvalue weighted by atomic mass is 9.59. The molecule has 7 atom stereocenters. The Morgan fingerprint density at radius 2 is 1.28 bits per heavy atom. The van der Waals surface area contributed by atoms with Crippen LogP contribution in [0.3, 0.4) is 0 Å². The molecule has 2 N–H and O–H groups in total. The van der Waals surface area contributed by atoms with E-state index in [1.165, 1.54) is 0 Å². The minimum atomic E-state index is -2.02. The molecule has 8 rings (SSSR count). The fourth-order valence-electron chi connectivity index (χ4n) is 10.3. The van der Waals surface area contributed by atoms with E-state index in [0.717, 1.165) is 22.3 Å². The van der Waals surface area contributed by atoms with Gasteiger partial charge in [0.1, 0.15) is 11.2 Å². The van der Waals surface area contributed by atoms with Gasteiger partial charge in [0.2, 0.25) is 0 Å². The van der Waals surface area contributed by atoms with E-state index < -0.39 is 69.0 Å². The molecular formula is C47H46O7. The number of ketones is 2. The zero-order valence-corrected chi connectivity index (χ0v) is 31.1. The molecule has 0 amide bonds. The van der Waals surface area contributed by atoms with Gasteiger partial charge in [-0.25, -0.2) is 0 Å². The Morgan fingerprint density at radius 3 is 1.80 bits per heavy atom. The van der Waals surface area contributed by atoms with E-state index in [4.69, 9.17) is 9.47 Å². The molecule has 0 spiro atoms. The number of Topliss-reactive ketones (excluding diaryl/α,β-unsaturated/α-hetero) is 2. The topological polar surface area (TPSA) is 110 Å². The molecule has 2 saturated carbocycles. The number of fused-ring (bicyclic) bond motifs is 5. The van der Waals surface area contributed by atoms with Gasteiger partial charge in [0.05, 0.1) is 18.6 Å². The smallest absolute Gasteiger partial charge is 0.311 e. The zero-order valence-electron chi connectivity index (χ0n) is 31.1. The first kappa shape index (κ1) is 36.0. The number of benzene rings is 4. The highest BCUT2D eigenvalue weighted by Crippen LogP contribution is 2.75. The monoisotopic (exact) mass is 722 g/mol. The standard InChI is InChI=1S/C47H46O7/c1-30-25-38-44(51,41(30)49)28-33(29-53-46(34-19-11-6-12-20-34,35-21-13-7-14-22-35)36-23-15-8-16-24-36)26-37-40-43(3,4)47(40,42(50)31(2)45(37,38)52)54-39(48)27-32-17-9-5-10-18-32/h5-26,31,37-38,40,51-52H,27-29H2,1-4H3/t31-,37+,38-,40-,44-,45-,47-/m1/s1. The van der Waals surface area contributed by atoms with Crippen LogP contribution in [-0.2, 0) is 35.9 Å². The first-order chi connectivity index (χ1) is 25.8. The van der Waals surface area contributed by atoms with Crippen molar-refractivity contribution in [3.8, 4) is 0 Å². The predicted molar refractivity (Wildman–Crippen MR) is 204 cm³/mol. The maximum absolute atomic E-state index is 14.7. The third-order valence-electron chi connectivity index (χ3n) is 13.0. The molecule has 4 aromatic carbocycles. The molecule has 0 unspecified atom stereocenters. The number of aliphatic hydroxyl groups is 2. The van der Waals surface area contributed by atoms with Crippen LogP contribution >= 0.6 is 0 Å². The van der Waals surface area contributed by atoms with Crippen molar-refractivity contribution in [1.29, 1.82) is 0 Å². The Balaban J connectivity index is 1.25. The number of esters is 1. The second-order valence-electron chi connectivity index (χ2n) is 16.2. The molecule has 4 aromatic rings. The maximum Gasteiger partial charge on any atom is 0.311 e. The lowest BCUT2D eigenvalue weighted by Crippen LogP contribution is -2.64. The van der Waals surface area contributed by atoms with E-state index in [0.29, 0.717) is 11.1 Å². The Kier molecular flexibility index (Phi) is 8.57. The predicted octanol–water partition coefficient (Wildman–Crippen LogP) is 6.95. The van der Waals surface area contributed by atoms with Crippen LogP contribution in [0.4, 0.5) is 0 Å². The Hall–Kier alpha value is -4.95. The van der Waals surface area contributed by atoms with E-state index in [2.05, 4.69) is 0 Å². The minimum Gasteiger partial charge on any atom is -0.450 e. The zero-order chi connectivity index (χ0) is 38.1. The van der Waals surface area contributed by atoms with Crippen LogP contribution in [0.25, 0.3) is 0 Å². The number of hydrogen-bond donors (Lipinski definition) is 2. The normalized spacial score (nSPS) is 30.9. The van der Waals surface area contributed by atoms with Gasteiger partial charge in [0.15, 0.2) is 17.2 Å². The summed E-state index contributed by atoms with van der Waals surface area (Å²) in [4.78, 5) is 42.2. The van der Waals surface area contributed by atoms with Gasteiger partial charge in [-0.3, -0.25) is 14.4 Å². The van der Waals surface area contributed by atoms with Crippen LogP contribution in [0.15, 0.2) is 145 Å². The summed E-state index contributed by atoms with van der Waals surface area (Å²) in [7, 11) is 0. The molecule has 0 radical (unpaired) electrons. The van der Waals surface area contributed by atoms with Gasteiger partial charge in [-0.05, 0) is 40.3 Å². The van der Waals surface area contributed by atoms with Gasteiger partial charge < -0.3 is 19.7 Å².